The minimum atomic E-state index is -0.143. The Morgan fingerprint density at radius 1 is 1.21 bits per heavy atom. The minimum absolute atomic E-state index is 0.0507. The fourth-order valence-electron chi connectivity index (χ4n) is 7.50. The molecule has 6 rings (SSSR count). The Balaban J connectivity index is 1.26. The Kier molecular flexibility index (Phi) is 4.68. The Hall–Kier alpha value is -2.39. The number of hydrogen-bond donors (Lipinski definition) is 2. The highest BCUT2D eigenvalue weighted by atomic mass is 35.5. The maximum atomic E-state index is 13.5. The number of nitrogens with one attached hydrogen (secondary N) is 2. The van der Waals surface area contributed by atoms with E-state index >= 15 is 0 Å². The molecular weight excluding hydrogens is 444 g/mol. The summed E-state index contributed by atoms with van der Waals surface area (Å²) < 4.78 is 8.51. The molecule has 0 aliphatic heterocycles. The van der Waals surface area contributed by atoms with Crippen molar-refractivity contribution >= 4 is 23.4 Å². The van der Waals surface area contributed by atoms with Gasteiger partial charge in [-0.15, -0.1) is 0 Å². The van der Waals surface area contributed by atoms with Gasteiger partial charge in [-0.25, -0.2) is 9.36 Å². The number of carbonyl (C=O) groups is 2. The highest BCUT2D eigenvalue weighted by molar-refractivity contribution is 6.30. The van der Waals surface area contributed by atoms with Crippen LogP contribution in [0.2, 0.25) is 5.02 Å². The Morgan fingerprint density at radius 2 is 2.06 bits per heavy atom. The van der Waals surface area contributed by atoms with Crippen molar-refractivity contribution < 1.29 is 14.3 Å². The van der Waals surface area contributed by atoms with Gasteiger partial charge in [-0.1, -0.05) is 11.6 Å². The molecule has 10 heteroatoms. The third kappa shape index (κ3) is 3.23. The fourth-order valence-corrected chi connectivity index (χ4v) is 7.64. The van der Waals surface area contributed by atoms with Crippen LogP contribution in [-0.4, -0.2) is 56.7 Å². The van der Waals surface area contributed by atoms with E-state index in [2.05, 4.69) is 20.8 Å². The van der Waals surface area contributed by atoms with Crippen LogP contribution in [0.15, 0.2) is 18.6 Å². The van der Waals surface area contributed by atoms with Gasteiger partial charge in [0.1, 0.15) is 5.56 Å². The Bertz CT molecular complexity index is 1130. The average molecular weight is 473 g/mol. The second-order valence-electron chi connectivity index (χ2n) is 10.5. The molecule has 0 aromatic carbocycles. The summed E-state index contributed by atoms with van der Waals surface area (Å²) in [5.74, 6) is 2.15. The van der Waals surface area contributed by atoms with E-state index in [1.165, 1.54) is 6.42 Å². The lowest BCUT2D eigenvalue weighted by Gasteiger charge is -2.37. The predicted octanol–water partition coefficient (Wildman–Crippen LogP) is 2.18. The molecule has 1 spiro atoms. The summed E-state index contributed by atoms with van der Waals surface area (Å²) >= 11 is 6.10. The van der Waals surface area contributed by atoms with E-state index in [0.29, 0.717) is 52.7 Å². The van der Waals surface area contributed by atoms with E-state index in [1.54, 1.807) is 42.0 Å². The molecule has 2 amide bonds. The molecule has 6 atom stereocenters. The lowest BCUT2D eigenvalue weighted by molar-refractivity contribution is -0.121. The van der Waals surface area contributed by atoms with Crippen molar-refractivity contribution in [3.63, 3.8) is 0 Å². The molecule has 0 saturated heterocycles. The van der Waals surface area contributed by atoms with Gasteiger partial charge < -0.3 is 15.4 Å². The van der Waals surface area contributed by atoms with E-state index < -0.39 is 0 Å². The van der Waals surface area contributed by atoms with E-state index in [1.807, 2.05) is 0 Å². The number of carbonyl (C=O) groups excluding carboxylic acids is 2. The molecule has 2 N–H and O–H groups in total. The van der Waals surface area contributed by atoms with Gasteiger partial charge >= 0.3 is 0 Å². The van der Waals surface area contributed by atoms with Gasteiger partial charge in [0.2, 0.25) is 5.91 Å². The van der Waals surface area contributed by atoms with Gasteiger partial charge in [-0.3, -0.25) is 9.59 Å². The van der Waals surface area contributed by atoms with Gasteiger partial charge in [-0.2, -0.15) is 10.2 Å². The smallest absolute Gasteiger partial charge is 0.256 e. The summed E-state index contributed by atoms with van der Waals surface area (Å²) in [5, 5.41) is 15.9. The van der Waals surface area contributed by atoms with Crippen molar-refractivity contribution in [1.82, 2.24) is 30.2 Å². The van der Waals surface area contributed by atoms with Crippen molar-refractivity contribution in [2.75, 3.05) is 13.7 Å². The van der Waals surface area contributed by atoms with E-state index in [-0.39, 0.29) is 23.4 Å². The number of nitrogens with zero attached hydrogens (tertiary/aromatic N) is 4. The average Bonchev–Trinajstić information content (AvgIpc) is 3.14. The van der Waals surface area contributed by atoms with Gasteiger partial charge in [0.15, 0.2) is 5.82 Å². The second kappa shape index (κ2) is 7.30. The monoisotopic (exact) mass is 472 g/mol. The van der Waals surface area contributed by atoms with E-state index in [4.69, 9.17) is 16.3 Å². The van der Waals surface area contributed by atoms with Crippen LogP contribution in [0.4, 0.5) is 0 Å². The summed E-state index contributed by atoms with van der Waals surface area (Å²) in [7, 11) is 1.63. The van der Waals surface area contributed by atoms with Gasteiger partial charge in [0, 0.05) is 25.6 Å². The second-order valence-corrected chi connectivity index (χ2v) is 10.9. The molecule has 4 aliphatic carbocycles. The zero-order valence-corrected chi connectivity index (χ0v) is 19.6. The molecule has 0 radical (unpaired) electrons. The third-order valence-corrected chi connectivity index (χ3v) is 8.81. The lowest BCUT2D eigenvalue weighted by Crippen LogP contribution is -2.49. The normalized spacial score (nSPS) is 35.4. The largest absolute Gasteiger partial charge is 0.383 e. The molecule has 2 bridgehead atoms. The number of amides is 2. The lowest BCUT2D eigenvalue weighted by atomic mass is 9.76. The van der Waals surface area contributed by atoms with Crippen LogP contribution in [0.25, 0.3) is 5.82 Å². The molecule has 4 fully saturated rings. The third-order valence-electron chi connectivity index (χ3n) is 8.61. The highest BCUT2D eigenvalue weighted by Gasteiger charge is 2.74. The van der Waals surface area contributed by atoms with Gasteiger partial charge in [0.05, 0.1) is 36.8 Å². The summed E-state index contributed by atoms with van der Waals surface area (Å²) in [4.78, 5) is 25.4. The molecule has 4 aliphatic rings. The Morgan fingerprint density at radius 3 is 2.79 bits per heavy atom. The first-order valence-corrected chi connectivity index (χ1v) is 12.1. The summed E-state index contributed by atoms with van der Waals surface area (Å²) in [6.45, 7) is 2.57. The van der Waals surface area contributed by atoms with Crippen LogP contribution >= 0.6 is 11.6 Å². The quantitative estimate of drug-likeness (QED) is 0.643. The summed E-state index contributed by atoms with van der Waals surface area (Å²) in [6, 6.07) is 0.111. The molecule has 2 aromatic heterocycles. The molecule has 33 heavy (non-hydrogen) atoms. The standard InChI is InChI=1S/C23H29ClN6O3/c1-13(31)28-22-5-14-6-23(14)9-19(16(7-22)18(23)8-22)27-20(32)17-11-26-29(3-4-33-2)21(17)30-12-15(24)10-25-30/h10-12,14,16,18-19H,3-9H2,1-2H3,(H,27,32)(H,28,31)/t14?,16?,18?,19-,22+,23?/m0/s1. The maximum Gasteiger partial charge on any atom is 0.256 e. The van der Waals surface area contributed by atoms with Crippen molar-refractivity contribution in [3.05, 3.63) is 29.2 Å². The number of halogens is 1. The molecule has 2 heterocycles. The predicted molar refractivity (Wildman–Crippen MR) is 120 cm³/mol. The van der Waals surface area contributed by atoms with Crippen molar-refractivity contribution in [2.45, 2.75) is 57.2 Å². The summed E-state index contributed by atoms with van der Waals surface area (Å²) in [5.41, 5.74) is 0.748. The van der Waals surface area contributed by atoms with E-state index in [9.17, 15) is 9.59 Å². The van der Waals surface area contributed by atoms with Crippen molar-refractivity contribution in [1.29, 1.82) is 0 Å². The van der Waals surface area contributed by atoms with E-state index in [0.717, 1.165) is 25.7 Å². The van der Waals surface area contributed by atoms with Crippen LogP contribution in [-0.2, 0) is 16.1 Å². The molecular formula is C23H29ClN6O3. The SMILES string of the molecule is COCCn1ncc(C(=O)N[C@H]2CC34CC3C[C@@]3(NC(C)=O)CC2C4C3)c1-n1cc(Cl)cn1. The molecule has 2 aromatic rings. The number of aromatic nitrogens is 4. The van der Waals surface area contributed by atoms with Crippen LogP contribution in [0.1, 0.15) is 49.4 Å². The first kappa shape index (κ1) is 21.2. The van der Waals surface area contributed by atoms with Gasteiger partial charge in [-0.05, 0) is 55.3 Å². The summed E-state index contributed by atoms with van der Waals surface area (Å²) in [6.07, 6.45) is 10.2. The van der Waals surface area contributed by atoms with Crippen LogP contribution in [0.3, 0.4) is 0 Å². The number of fused-ring (bicyclic) bond motifs is 1. The minimum Gasteiger partial charge on any atom is -0.383 e. The molecule has 4 saturated carbocycles. The number of hydrogen-bond acceptors (Lipinski definition) is 5. The number of methoxy groups -OCH3 is 1. The Labute approximate surface area is 197 Å². The van der Waals surface area contributed by atoms with Crippen LogP contribution in [0, 0.1) is 23.2 Å². The maximum absolute atomic E-state index is 13.5. The molecule has 176 valence electrons. The number of rotatable bonds is 7. The van der Waals surface area contributed by atoms with Crippen molar-refractivity contribution in [2.24, 2.45) is 23.2 Å². The highest BCUT2D eigenvalue weighted by Crippen LogP contribution is 2.77. The van der Waals surface area contributed by atoms with Crippen molar-refractivity contribution in [3.8, 4) is 5.82 Å². The van der Waals surface area contributed by atoms with Gasteiger partial charge in [0.25, 0.3) is 5.91 Å². The number of ether oxygens (including phenoxy) is 1. The first-order valence-electron chi connectivity index (χ1n) is 11.7. The topological polar surface area (TPSA) is 103 Å². The van der Waals surface area contributed by atoms with Crippen LogP contribution < -0.4 is 10.6 Å². The fraction of sp³-hybridized carbons (Fsp3) is 0.652. The molecule has 9 nitrogen and oxygen atoms in total. The zero-order chi connectivity index (χ0) is 23.0. The zero-order valence-electron chi connectivity index (χ0n) is 18.9. The van der Waals surface area contributed by atoms with Crippen LogP contribution in [0.5, 0.6) is 0 Å². The first-order chi connectivity index (χ1) is 15.8. The molecule has 4 unspecified atom stereocenters.